The number of amides is 1. The number of rotatable bonds is 4. The predicted molar refractivity (Wildman–Crippen MR) is 91.7 cm³/mol. The number of benzene rings is 2. The Balaban J connectivity index is 1.92. The number of hydrogen-bond acceptors (Lipinski definition) is 3. The van der Waals surface area contributed by atoms with Crippen LogP contribution in [0.25, 0.3) is 0 Å². The molecule has 3 rings (SSSR count). The van der Waals surface area contributed by atoms with Crippen molar-refractivity contribution in [2.75, 3.05) is 17.3 Å². The van der Waals surface area contributed by atoms with Crippen LogP contribution >= 0.6 is 11.8 Å². The van der Waals surface area contributed by atoms with Crippen molar-refractivity contribution in [3.63, 3.8) is 0 Å². The summed E-state index contributed by atoms with van der Waals surface area (Å²) in [6.45, 7) is 2.41. The van der Waals surface area contributed by atoms with Crippen LogP contribution < -0.4 is 9.64 Å². The van der Waals surface area contributed by atoms with Gasteiger partial charge in [-0.15, -0.1) is 11.8 Å². The molecule has 1 aliphatic rings. The summed E-state index contributed by atoms with van der Waals surface area (Å²) in [5, 5.41) is -0.479. The second kappa shape index (κ2) is 7.00. The molecule has 2 aromatic carbocycles. The number of hydrogen-bond donors (Lipinski definition) is 0. The first-order valence-corrected chi connectivity index (χ1v) is 8.78. The molecule has 25 heavy (non-hydrogen) atoms. The van der Waals surface area contributed by atoms with Gasteiger partial charge in [0.05, 0.1) is 17.9 Å². The van der Waals surface area contributed by atoms with Crippen molar-refractivity contribution >= 4 is 23.4 Å². The highest BCUT2D eigenvalue weighted by molar-refractivity contribution is 8.00. The zero-order valence-electron chi connectivity index (χ0n) is 13.4. The van der Waals surface area contributed by atoms with Crippen LogP contribution in [0.4, 0.5) is 18.9 Å². The predicted octanol–water partition coefficient (Wildman–Crippen LogP) is 4.88. The number of ether oxygens (including phenoxy) is 1. The fourth-order valence-electron chi connectivity index (χ4n) is 2.69. The standard InChI is InChI=1S/C18H16F3NO2S/c1-2-24-15-8-6-14(7-9-15)22-16(23)11-25-17(22)12-4-3-5-13(10-12)18(19,20)21/h3-10,17H,2,11H2,1H3. The maximum absolute atomic E-state index is 13.0. The largest absolute Gasteiger partial charge is 0.494 e. The van der Waals surface area contributed by atoms with E-state index in [-0.39, 0.29) is 11.7 Å². The molecule has 0 radical (unpaired) electrons. The summed E-state index contributed by atoms with van der Waals surface area (Å²) in [7, 11) is 0. The maximum Gasteiger partial charge on any atom is 0.416 e. The smallest absolute Gasteiger partial charge is 0.416 e. The Kier molecular flexibility index (Phi) is 4.94. The minimum Gasteiger partial charge on any atom is -0.494 e. The summed E-state index contributed by atoms with van der Waals surface area (Å²) in [6, 6.07) is 12.1. The Labute approximate surface area is 147 Å². The van der Waals surface area contributed by atoms with Crippen molar-refractivity contribution in [2.24, 2.45) is 0 Å². The van der Waals surface area contributed by atoms with E-state index in [1.165, 1.54) is 22.7 Å². The lowest BCUT2D eigenvalue weighted by Gasteiger charge is -2.25. The fraction of sp³-hybridized carbons (Fsp3) is 0.278. The Morgan fingerprint density at radius 3 is 2.56 bits per heavy atom. The van der Waals surface area contributed by atoms with E-state index in [4.69, 9.17) is 4.74 Å². The van der Waals surface area contributed by atoms with Crippen LogP contribution in [-0.4, -0.2) is 18.3 Å². The molecule has 0 N–H and O–H groups in total. The topological polar surface area (TPSA) is 29.5 Å². The molecule has 7 heteroatoms. The van der Waals surface area contributed by atoms with E-state index in [0.29, 0.717) is 23.6 Å². The zero-order valence-corrected chi connectivity index (χ0v) is 14.2. The molecule has 0 aliphatic carbocycles. The number of thioether (sulfide) groups is 1. The van der Waals surface area contributed by atoms with Crippen LogP contribution in [0.15, 0.2) is 48.5 Å². The lowest BCUT2D eigenvalue weighted by Crippen LogP contribution is -2.27. The average Bonchev–Trinajstić information content (AvgIpc) is 2.97. The van der Waals surface area contributed by atoms with Gasteiger partial charge >= 0.3 is 6.18 Å². The molecular formula is C18H16F3NO2S. The summed E-state index contributed by atoms with van der Waals surface area (Å²) in [6.07, 6.45) is -4.41. The summed E-state index contributed by atoms with van der Waals surface area (Å²) >= 11 is 1.32. The zero-order chi connectivity index (χ0) is 18.0. The van der Waals surface area contributed by atoms with Crippen LogP contribution in [0.3, 0.4) is 0 Å². The summed E-state index contributed by atoms with van der Waals surface area (Å²) < 4.78 is 44.3. The van der Waals surface area contributed by atoms with E-state index in [9.17, 15) is 18.0 Å². The number of carbonyl (C=O) groups is 1. The molecular weight excluding hydrogens is 351 g/mol. The highest BCUT2D eigenvalue weighted by Gasteiger charge is 2.36. The highest BCUT2D eigenvalue weighted by atomic mass is 32.2. The first kappa shape index (κ1) is 17.7. The summed E-state index contributed by atoms with van der Waals surface area (Å²) in [5.41, 5.74) is 0.386. The molecule has 1 amide bonds. The van der Waals surface area contributed by atoms with Gasteiger partial charge < -0.3 is 4.74 Å². The summed E-state index contributed by atoms with van der Waals surface area (Å²) in [5.74, 6) is 0.784. The molecule has 3 nitrogen and oxygen atoms in total. The molecule has 2 aromatic rings. The first-order valence-electron chi connectivity index (χ1n) is 7.74. The van der Waals surface area contributed by atoms with Gasteiger partial charge in [-0.05, 0) is 48.9 Å². The quantitative estimate of drug-likeness (QED) is 0.771. The molecule has 1 heterocycles. The molecule has 1 unspecified atom stereocenters. The third kappa shape index (κ3) is 3.76. The van der Waals surface area contributed by atoms with Crippen molar-refractivity contribution in [1.29, 1.82) is 0 Å². The highest BCUT2D eigenvalue weighted by Crippen LogP contribution is 2.43. The number of halogens is 3. The van der Waals surface area contributed by atoms with Gasteiger partial charge in [0, 0.05) is 5.69 Å². The van der Waals surface area contributed by atoms with Crippen molar-refractivity contribution in [1.82, 2.24) is 0 Å². The second-order valence-electron chi connectivity index (χ2n) is 5.48. The maximum atomic E-state index is 13.0. The van der Waals surface area contributed by atoms with Crippen molar-refractivity contribution < 1.29 is 22.7 Å². The molecule has 0 aromatic heterocycles. The number of alkyl halides is 3. The Bertz CT molecular complexity index is 762. The minimum atomic E-state index is -4.41. The molecule has 1 saturated heterocycles. The SMILES string of the molecule is CCOc1ccc(N2C(=O)CSC2c2cccc(C(F)(F)F)c2)cc1. The lowest BCUT2D eigenvalue weighted by atomic mass is 10.1. The number of nitrogens with zero attached hydrogens (tertiary/aromatic N) is 1. The van der Waals surface area contributed by atoms with Gasteiger partial charge in [0.25, 0.3) is 0 Å². The van der Waals surface area contributed by atoms with Gasteiger partial charge in [-0.1, -0.05) is 12.1 Å². The molecule has 132 valence electrons. The fourth-order valence-corrected chi connectivity index (χ4v) is 3.85. The van der Waals surface area contributed by atoms with Crippen molar-refractivity contribution in [3.05, 3.63) is 59.7 Å². The van der Waals surface area contributed by atoms with Gasteiger partial charge in [0.1, 0.15) is 11.1 Å². The molecule has 1 atom stereocenters. The van der Waals surface area contributed by atoms with E-state index in [2.05, 4.69) is 0 Å². The lowest BCUT2D eigenvalue weighted by molar-refractivity contribution is -0.137. The number of carbonyl (C=O) groups excluding carboxylic acids is 1. The van der Waals surface area contributed by atoms with Crippen molar-refractivity contribution in [2.45, 2.75) is 18.5 Å². The van der Waals surface area contributed by atoms with Gasteiger partial charge in [0.15, 0.2) is 0 Å². The van der Waals surface area contributed by atoms with Crippen LogP contribution in [0, 0.1) is 0 Å². The molecule has 0 saturated carbocycles. The minimum absolute atomic E-state index is 0.128. The van der Waals surface area contributed by atoms with Gasteiger partial charge in [0.2, 0.25) is 5.91 Å². The molecule has 0 bridgehead atoms. The van der Waals surface area contributed by atoms with Crippen LogP contribution in [-0.2, 0) is 11.0 Å². The van der Waals surface area contributed by atoms with Crippen LogP contribution in [0.1, 0.15) is 23.4 Å². The molecule has 1 fully saturated rings. The molecule has 1 aliphatic heterocycles. The Morgan fingerprint density at radius 1 is 1.20 bits per heavy atom. The van der Waals surface area contributed by atoms with E-state index in [1.54, 1.807) is 30.3 Å². The monoisotopic (exact) mass is 367 g/mol. The van der Waals surface area contributed by atoms with E-state index in [1.807, 2.05) is 6.92 Å². The third-order valence-corrected chi connectivity index (χ3v) is 5.01. The van der Waals surface area contributed by atoms with E-state index >= 15 is 0 Å². The van der Waals surface area contributed by atoms with E-state index < -0.39 is 17.1 Å². The van der Waals surface area contributed by atoms with Gasteiger partial charge in [-0.3, -0.25) is 9.69 Å². The van der Waals surface area contributed by atoms with Crippen molar-refractivity contribution in [3.8, 4) is 5.75 Å². The third-order valence-electron chi connectivity index (χ3n) is 3.79. The first-order chi connectivity index (χ1) is 11.9. The van der Waals surface area contributed by atoms with Crippen LogP contribution in [0.2, 0.25) is 0 Å². The van der Waals surface area contributed by atoms with Gasteiger partial charge in [-0.25, -0.2) is 0 Å². The van der Waals surface area contributed by atoms with E-state index in [0.717, 1.165) is 12.1 Å². The normalized spacial score (nSPS) is 17.8. The second-order valence-corrected chi connectivity index (χ2v) is 6.55. The number of anilines is 1. The molecule has 0 spiro atoms. The summed E-state index contributed by atoms with van der Waals surface area (Å²) in [4.78, 5) is 13.8. The Morgan fingerprint density at radius 2 is 1.92 bits per heavy atom. The van der Waals surface area contributed by atoms with Crippen LogP contribution in [0.5, 0.6) is 5.75 Å². The van der Waals surface area contributed by atoms with Gasteiger partial charge in [-0.2, -0.15) is 13.2 Å². The Hall–Kier alpha value is -2.15. The average molecular weight is 367 g/mol.